The van der Waals surface area contributed by atoms with Crippen molar-refractivity contribution in [3.8, 4) is 0 Å². The van der Waals surface area contributed by atoms with Crippen LogP contribution < -0.4 is 0 Å². The summed E-state index contributed by atoms with van der Waals surface area (Å²) in [4.78, 5) is 15.5. The predicted octanol–water partition coefficient (Wildman–Crippen LogP) is 3.17. The van der Waals surface area contributed by atoms with Crippen LogP contribution in [0.3, 0.4) is 0 Å². The van der Waals surface area contributed by atoms with Crippen LogP contribution >= 0.6 is 33.9 Å². The number of aryl methyl sites for hydroxylation is 1. The van der Waals surface area contributed by atoms with Gasteiger partial charge in [0.25, 0.3) is 0 Å². The van der Waals surface area contributed by atoms with Crippen LogP contribution in [0.15, 0.2) is 17.6 Å². The van der Waals surface area contributed by atoms with Crippen LogP contribution in [0.2, 0.25) is 0 Å². The number of hydrogen-bond donors (Lipinski definition) is 1. The molecule has 1 atom stereocenters. The van der Waals surface area contributed by atoms with Gasteiger partial charge in [0.1, 0.15) is 10.7 Å². The van der Waals surface area contributed by atoms with E-state index in [0.717, 1.165) is 14.3 Å². The molecule has 2 aromatic rings. The molecule has 0 spiro atoms. The molecule has 0 bridgehead atoms. The topological polar surface area (TPSA) is 55.1 Å². The van der Waals surface area contributed by atoms with Gasteiger partial charge in [-0.05, 0) is 42.5 Å². The van der Waals surface area contributed by atoms with Gasteiger partial charge in [0.05, 0.1) is 6.04 Å². The molecule has 1 unspecified atom stereocenters. The molecule has 2 aromatic heterocycles. The molecule has 0 aliphatic heterocycles. The first-order valence-electron chi connectivity index (χ1n) is 5.01. The number of thiazole rings is 1. The summed E-state index contributed by atoms with van der Waals surface area (Å²) in [6, 6.07) is 1.61. The second kappa shape index (κ2) is 4.77. The van der Waals surface area contributed by atoms with Crippen molar-refractivity contribution in [2.24, 2.45) is 0 Å². The first kappa shape index (κ1) is 12.6. The third kappa shape index (κ3) is 2.52. The largest absolute Gasteiger partial charge is 0.477 e. The van der Waals surface area contributed by atoms with Crippen LogP contribution in [0.5, 0.6) is 0 Å². The van der Waals surface area contributed by atoms with Gasteiger partial charge in [0, 0.05) is 20.8 Å². The predicted molar refractivity (Wildman–Crippen MR) is 74.8 cm³/mol. The van der Waals surface area contributed by atoms with Crippen molar-refractivity contribution in [2.75, 3.05) is 0 Å². The van der Waals surface area contributed by atoms with Gasteiger partial charge in [-0.15, -0.1) is 11.3 Å². The van der Waals surface area contributed by atoms with E-state index in [4.69, 9.17) is 5.11 Å². The van der Waals surface area contributed by atoms with E-state index >= 15 is 0 Å². The summed E-state index contributed by atoms with van der Waals surface area (Å²) >= 11 is 3.67. The number of carboxylic acids is 1. The SMILES string of the molecule is Cc1csc(C(C)n2cc(I)cc2C(=O)O)n1. The Balaban J connectivity index is 2.43. The molecule has 0 aromatic carbocycles. The number of carboxylic acid groups (broad SMARTS) is 1. The average molecular weight is 362 g/mol. The van der Waals surface area contributed by atoms with Crippen LogP contribution in [-0.4, -0.2) is 20.6 Å². The standard InChI is InChI=1S/C11H11IN2O2S/c1-6-5-17-10(13-6)7(2)14-4-8(12)3-9(14)11(15)16/h3-5,7H,1-2H3,(H,15,16). The molecule has 6 heteroatoms. The highest BCUT2D eigenvalue weighted by molar-refractivity contribution is 14.1. The summed E-state index contributed by atoms with van der Waals surface area (Å²) in [7, 11) is 0. The molecule has 0 aliphatic carbocycles. The maximum absolute atomic E-state index is 11.1. The van der Waals surface area contributed by atoms with Crippen molar-refractivity contribution in [1.29, 1.82) is 0 Å². The lowest BCUT2D eigenvalue weighted by Crippen LogP contribution is -2.12. The average Bonchev–Trinajstić information content (AvgIpc) is 2.83. The zero-order chi connectivity index (χ0) is 12.6. The van der Waals surface area contributed by atoms with Crippen LogP contribution in [0, 0.1) is 10.5 Å². The normalized spacial score (nSPS) is 12.6. The molecule has 0 saturated heterocycles. The summed E-state index contributed by atoms with van der Waals surface area (Å²) in [5.74, 6) is -0.909. The van der Waals surface area contributed by atoms with Crippen LogP contribution in [-0.2, 0) is 0 Å². The van der Waals surface area contributed by atoms with E-state index in [2.05, 4.69) is 27.6 Å². The fourth-order valence-electron chi connectivity index (χ4n) is 1.62. The molecule has 0 amide bonds. The molecular formula is C11H11IN2O2S. The highest BCUT2D eigenvalue weighted by Crippen LogP contribution is 2.25. The third-order valence-corrected chi connectivity index (χ3v) is 4.17. The molecule has 0 fully saturated rings. The molecule has 1 N–H and O–H groups in total. The maximum Gasteiger partial charge on any atom is 0.352 e. The minimum atomic E-state index is -0.909. The Kier molecular flexibility index (Phi) is 3.53. The van der Waals surface area contributed by atoms with E-state index in [0.29, 0.717) is 5.69 Å². The number of aromatic nitrogens is 2. The first-order chi connectivity index (χ1) is 7.99. The highest BCUT2D eigenvalue weighted by Gasteiger charge is 2.19. The van der Waals surface area contributed by atoms with Gasteiger partial charge < -0.3 is 9.67 Å². The Morgan fingerprint density at radius 1 is 1.65 bits per heavy atom. The number of carbonyl (C=O) groups is 1. The molecule has 17 heavy (non-hydrogen) atoms. The van der Waals surface area contributed by atoms with Gasteiger partial charge in [0.2, 0.25) is 0 Å². The van der Waals surface area contributed by atoms with E-state index in [1.165, 1.54) is 0 Å². The van der Waals surface area contributed by atoms with Crippen molar-refractivity contribution in [1.82, 2.24) is 9.55 Å². The first-order valence-corrected chi connectivity index (χ1v) is 6.97. The fraction of sp³-hybridized carbons (Fsp3) is 0.273. The lowest BCUT2D eigenvalue weighted by molar-refractivity contribution is 0.0684. The molecule has 0 saturated carbocycles. The maximum atomic E-state index is 11.1. The van der Waals surface area contributed by atoms with E-state index < -0.39 is 5.97 Å². The van der Waals surface area contributed by atoms with Crippen molar-refractivity contribution in [2.45, 2.75) is 19.9 Å². The molecule has 90 valence electrons. The monoisotopic (exact) mass is 362 g/mol. The second-order valence-electron chi connectivity index (χ2n) is 3.76. The van der Waals surface area contributed by atoms with Crippen LogP contribution in [0.4, 0.5) is 0 Å². The van der Waals surface area contributed by atoms with Crippen LogP contribution in [0.25, 0.3) is 0 Å². The summed E-state index contributed by atoms with van der Waals surface area (Å²) in [5.41, 5.74) is 1.27. The van der Waals surface area contributed by atoms with Crippen molar-refractivity contribution < 1.29 is 9.90 Å². The number of rotatable bonds is 3. The Morgan fingerprint density at radius 2 is 2.35 bits per heavy atom. The van der Waals surface area contributed by atoms with E-state index in [1.807, 2.05) is 25.4 Å². The van der Waals surface area contributed by atoms with Gasteiger partial charge in [-0.25, -0.2) is 9.78 Å². The lowest BCUT2D eigenvalue weighted by Gasteiger charge is -2.12. The summed E-state index contributed by atoms with van der Waals surface area (Å²) in [6.45, 7) is 3.89. The molecule has 2 heterocycles. The Labute approximate surface area is 116 Å². The number of halogens is 1. The Hall–Kier alpha value is -0.890. The number of hydrogen-bond acceptors (Lipinski definition) is 3. The van der Waals surface area contributed by atoms with Gasteiger partial charge in [-0.2, -0.15) is 0 Å². The van der Waals surface area contributed by atoms with E-state index in [-0.39, 0.29) is 6.04 Å². The molecule has 0 radical (unpaired) electrons. The van der Waals surface area contributed by atoms with Gasteiger partial charge in [0.15, 0.2) is 0 Å². The van der Waals surface area contributed by atoms with Gasteiger partial charge in [-0.3, -0.25) is 0 Å². The van der Waals surface area contributed by atoms with Crippen LogP contribution in [0.1, 0.15) is 34.2 Å². The summed E-state index contributed by atoms with van der Waals surface area (Å²) in [5, 5.41) is 12.0. The van der Waals surface area contributed by atoms with Crippen molar-refractivity contribution in [3.63, 3.8) is 0 Å². The third-order valence-electron chi connectivity index (χ3n) is 2.45. The smallest absolute Gasteiger partial charge is 0.352 e. The molecule has 2 rings (SSSR count). The zero-order valence-corrected chi connectivity index (χ0v) is 12.3. The van der Waals surface area contributed by atoms with Gasteiger partial charge >= 0.3 is 5.97 Å². The number of aromatic carboxylic acids is 1. The summed E-state index contributed by atoms with van der Waals surface area (Å²) < 4.78 is 2.67. The van der Waals surface area contributed by atoms with E-state index in [1.54, 1.807) is 22.0 Å². The fourth-order valence-corrected chi connectivity index (χ4v) is 3.07. The van der Waals surface area contributed by atoms with Crippen molar-refractivity contribution >= 4 is 39.9 Å². The van der Waals surface area contributed by atoms with Crippen molar-refractivity contribution in [3.05, 3.63) is 37.6 Å². The van der Waals surface area contributed by atoms with Gasteiger partial charge in [-0.1, -0.05) is 0 Å². The molecule has 4 nitrogen and oxygen atoms in total. The van der Waals surface area contributed by atoms with E-state index in [9.17, 15) is 4.79 Å². The summed E-state index contributed by atoms with van der Waals surface area (Å²) in [6.07, 6.45) is 1.84. The second-order valence-corrected chi connectivity index (χ2v) is 5.89. The quantitative estimate of drug-likeness (QED) is 0.854. The lowest BCUT2D eigenvalue weighted by atomic mass is 10.3. The highest BCUT2D eigenvalue weighted by atomic mass is 127. The molecular weight excluding hydrogens is 351 g/mol. The Morgan fingerprint density at radius 3 is 2.88 bits per heavy atom. The molecule has 0 aliphatic rings. The number of nitrogens with zero attached hydrogens (tertiary/aromatic N) is 2. The zero-order valence-electron chi connectivity index (χ0n) is 9.35. The Bertz CT molecular complexity index is 562. The minimum absolute atomic E-state index is 0.0525. The minimum Gasteiger partial charge on any atom is -0.477 e.